The van der Waals surface area contributed by atoms with E-state index >= 15 is 0 Å². The van der Waals surface area contributed by atoms with Crippen molar-refractivity contribution in [2.24, 2.45) is 0 Å². The van der Waals surface area contributed by atoms with Crippen molar-refractivity contribution >= 4 is 11.4 Å². The lowest BCUT2D eigenvalue weighted by molar-refractivity contribution is -0.483. The van der Waals surface area contributed by atoms with Gasteiger partial charge in [0.25, 0.3) is 0 Å². The van der Waals surface area contributed by atoms with Crippen LogP contribution in [0.3, 0.4) is 0 Å². The summed E-state index contributed by atoms with van der Waals surface area (Å²) in [5.74, 6) is 1.51. The van der Waals surface area contributed by atoms with Gasteiger partial charge >= 0.3 is 6.18 Å². The molecule has 2 aromatic carbocycles. The molecule has 1 unspecified atom stereocenters. The lowest BCUT2D eigenvalue weighted by atomic mass is 9.89. The second-order valence-electron chi connectivity index (χ2n) is 8.44. The Hall–Kier alpha value is -2.50. The molecule has 2 aromatic rings. The molecule has 0 bridgehead atoms. The van der Waals surface area contributed by atoms with Gasteiger partial charge in [-0.3, -0.25) is 0 Å². The molecule has 2 heterocycles. The first-order valence-electron chi connectivity index (χ1n) is 11.1. The number of unbranched alkanes of at least 4 members (excludes halogenated alkanes) is 4. The molecule has 0 radical (unpaired) electrons. The summed E-state index contributed by atoms with van der Waals surface area (Å²) in [6, 6.07) is 9.78. The molecule has 0 amide bonds. The van der Waals surface area contributed by atoms with E-state index in [4.69, 9.17) is 9.47 Å². The SMILES string of the molecule is CCCCCCCC1=[N+](c2ccc(C(F)(F)F)cc2)C(C)Cc2cc3c(cc21)OCO3. The summed E-state index contributed by atoms with van der Waals surface area (Å²) in [7, 11) is 0. The number of hydrogen-bond acceptors (Lipinski definition) is 2. The van der Waals surface area contributed by atoms with Crippen molar-refractivity contribution < 1.29 is 27.2 Å². The smallest absolute Gasteiger partial charge is 0.416 e. The van der Waals surface area contributed by atoms with Crippen LogP contribution in [0.25, 0.3) is 0 Å². The third-order valence-electron chi connectivity index (χ3n) is 6.15. The van der Waals surface area contributed by atoms with Gasteiger partial charge in [0.2, 0.25) is 12.5 Å². The predicted octanol–water partition coefficient (Wildman–Crippen LogP) is 6.87. The third kappa shape index (κ3) is 4.58. The third-order valence-corrected chi connectivity index (χ3v) is 6.15. The summed E-state index contributed by atoms with van der Waals surface area (Å²) in [5, 5.41) is 0. The molecule has 0 N–H and O–H groups in total. The van der Waals surface area contributed by atoms with Crippen LogP contribution in [0.2, 0.25) is 0 Å². The first-order valence-corrected chi connectivity index (χ1v) is 11.1. The summed E-state index contributed by atoms with van der Waals surface area (Å²) in [6.07, 6.45) is 3.16. The quantitative estimate of drug-likeness (QED) is 0.352. The zero-order chi connectivity index (χ0) is 22.0. The molecular formula is C25H29F3NO2+. The zero-order valence-electron chi connectivity index (χ0n) is 18.1. The molecule has 0 aromatic heterocycles. The second-order valence-corrected chi connectivity index (χ2v) is 8.44. The lowest BCUT2D eigenvalue weighted by Crippen LogP contribution is -2.34. The van der Waals surface area contributed by atoms with Crippen LogP contribution < -0.4 is 9.47 Å². The minimum absolute atomic E-state index is 0.134. The Balaban J connectivity index is 1.74. The van der Waals surface area contributed by atoms with Crippen molar-refractivity contribution in [2.45, 2.75) is 71.0 Å². The highest BCUT2D eigenvalue weighted by Crippen LogP contribution is 2.39. The normalized spacial score (nSPS) is 17.8. The van der Waals surface area contributed by atoms with Crippen molar-refractivity contribution in [1.29, 1.82) is 0 Å². The van der Waals surface area contributed by atoms with Gasteiger partial charge in [0.1, 0.15) is 0 Å². The van der Waals surface area contributed by atoms with E-state index in [9.17, 15) is 13.2 Å². The van der Waals surface area contributed by atoms with E-state index in [1.165, 1.54) is 37.0 Å². The molecule has 3 nitrogen and oxygen atoms in total. The molecule has 4 rings (SSSR count). The minimum atomic E-state index is -4.33. The number of alkyl halides is 3. The monoisotopic (exact) mass is 432 g/mol. The van der Waals surface area contributed by atoms with E-state index in [1.54, 1.807) is 12.1 Å². The number of hydrogen-bond donors (Lipinski definition) is 0. The van der Waals surface area contributed by atoms with E-state index in [-0.39, 0.29) is 12.8 Å². The van der Waals surface area contributed by atoms with Crippen molar-refractivity contribution in [3.05, 3.63) is 53.1 Å². The van der Waals surface area contributed by atoms with Crippen molar-refractivity contribution in [2.75, 3.05) is 6.79 Å². The van der Waals surface area contributed by atoms with Crippen molar-refractivity contribution in [3.8, 4) is 11.5 Å². The Bertz CT molecular complexity index is 964. The highest BCUT2D eigenvalue weighted by atomic mass is 19.4. The van der Waals surface area contributed by atoms with E-state index in [0.717, 1.165) is 54.1 Å². The van der Waals surface area contributed by atoms with Crippen molar-refractivity contribution in [1.82, 2.24) is 0 Å². The van der Waals surface area contributed by atoms with Crippen LogP contribution in [0.1, 0.15) is 69.1 Å². The van der Waals surface area contributed by atoms with Crippen LogP contribution >= 0.6 is 0 Å². The van der Waals surface area contributed by atoms with Gasteiger partial charge in [0.15, 0.2) is 23.3 Å². The summed E-state index contributed by atoms with van der Waals surface area (Å²) < 4.78 is 52.6. The Morgan fingerprint density at radius 2 is 1.65 bits per heavy atom. The Kier molecular flexibility index (Phi) is 6.26. The van der Waals surface area contributed by atoms with Gasteiger partial charge in [0.05, 0.1) is 5.56 Å². The summed E-state index contributed by atoms with van der Waals surface area (Å²) in [6.45, 7) is 4.55. The number of fused-ring (bicyclic) bond motifs is 2. The Morgan fingerprint density at radius 1 is 0.968 bits per heavy atom. The van der Waals surface area contributed by atoms with Crippen LogP contribution in [-0.4, -0.2) is 23.1 Å². The van der Waals surface area contributed by atoms with Gasteiger partial charge in [-0.25, -0.2) is 0 Å². The van der Waals surface area contributed by atoms with Gasteiger partial charge in [-0.1, -0.05) is 32.6 Å². The topological polar surface area (TPSA) is 21.5 Å². The molecular weight excluding hydrogens is 403 g/mol. The molecule has 0 fully saturated rings. The first-order chi connectivity index (χ1) is 14.9. The predicted molar refractivity (Wildman–Crippen MR) is 115 cm³/mol. The molecule has 0 saturated heterocycles. The van der Waals surface area contributed by atoms with E-state index < -0.39 is 11.7 Å². The molecule has 0 saturated carbocycles. The van der Waals surface area contributed by atoms with Crippen LogP contribution in [0.5, 0.6) is 11.5 Å². The largest absolute Gasteiger partial charge is 0.454 e. The Labute approximate surface area is 181 Å². The summed E-state index contributed by atoms with van der Waals surface area (Å²) in [4.78, 5) is 0. The highest BCUT2D eigenvalue weighted by Gasteiger charge is 2.35. The number of halogens is 3. The Morgan fingerprint density at radius 3 is 2.32 bits per heavy atom. The number of rotatable bonds is 7. The maximum absolute atomic E-state index is 13.1. The average molecular weight is 433 g/mol. The molecule has 0 spiro atoms. The first kappa shape index (κ1) is 21.7. The maximum Gasteiger partial charge on any atom is 0.416 e. The van der Waals surface area contributed by atoms with Crippen LogP contribution in [0.4, 0.5) is 18.9 Å². The zero-order valence-corrected chi connectivity index (χ0v) is 18.1. The fourth-order valence-corrected chi connectivity index (χ4v) is 4.60. The molecule has 2 aliphatic heterocycles. The van der Waals surface area contributed by atoms with Crippen LogP contribution in [0.15, 0.2) is 36.4 Å². The van der Waals surface area contributed by atoms with E-state index in [1.807, 2.05) is 6.07 Å². The highest BCUT2D eigenvalue weighted by molar-refractivity contribution is 6.00. The molecule has 31 heavy (non-hydrogen) atoms. The molecule has 2 aliphatic rings. The number of nitrogens with zero attached hydrogens (tertiary/aromatic N) is 1. The molecule has 6 heteroatoms. The van der Waals surface area contributed by atoms with E-state index in [2.05, 4.69) is 24.5 Å². The second kappa shape index (κ2) is 8.93. The standard InChI is InChI=1S/C25H29F3NO2/c1-3-4-5-6-7-8-22-21-15-24-23(30-16-31-24)14-18(21)13-17(2)29(22)20-11-9-19(10-12-20)25(26,27)28/h9-12,14-15,17H,3-8,13,16H2,1-2H3/q+1. The molecule has 1 atom stereocenters. The average Bonchev–Trinajstić information content (AvgIpc) is 3.19. The fraction of sp³-hybridized carbons (Fsp3) is 0.480. The van der Waals surface area contributed by atoms with Crippen molar-refractivity contribution in [3.63, 3.8) is 0 Å². The fourth-order valence-electron chi connectivity index (χ4n) is 4.60. The summed E-state index contributed by atoms with van der Waals surface area (Å²) >= 11 is 0. The molecule has 0 aliphatic carbocycles. The minimum Gasteiger partial charge on any atom is -0.454 e. The van der Waals surface area contributed by atoms with Gasteiger partial charge in [-0.05, 0) is 43.2 Å². The van der Waals surface area contributed by atoms with Gasteiger partial charge in [-0.2, -0.15) is 17.7 Å². The lowest BCUT2D eigenvalue weighted by Gasteiger charge is -2.24. The van der Waals surface area contributed by atoms with Gasteiger partial charge in [-0.15, -0.1) is 0 Å². The van der Waals surface area contributed by atoms with Crippen LogP contribution in [-0.2, 0) is 12.6 Å². The van der Waals surface area contributed by atoms with E-state index in [0.29, 0.717) is 0 Å². The summed E-state index contributed by atoms with van der Waals surface area (Å²) in [5.41, 5.74) is 3.67. The number of ether oxygens (including phenoxy) is 2. The van der Waals surface area contributed by atoms with Crippen LogP contribution in [0, 0.1) is 0 Å². The van der Waals surface area contributed by atoms with Gasteiger partial charge in [0, 0.05) is 30.5 Å². The molecule has 166 valence electrons. The number of benzene rings is 2. The maximum atomic E-state index is 13.1. The van der Waals surface area contributed by atoms with Gasteiger partial charge < -0.3 is 9.47 Å².